The van der Waals surface area contributed by atoms with Gasteiger partial charge in [0.05, 0.1) is 10.8 Å². The Balaban J connectivity index is 1.83. The molecule has 1 aromatic heterocycles. The summed E-state index contributed by atoms with van der Waals surface area (Å²) in [5.74, 6) is -1.85. The Morgan fingerprint density at radius 2 is 2.06 bits per heavy atom. The molecule has 2 atom stereocenters. The normalized spacial score (nSPS) is 20.5. The molecule has 0 saturated carbocycles. The number of rotatable bonds is 4. The number of anilines is 1. The predicted molar refractivity (Wildman–Crippen MR) is 124 cm³/mol. The molecule has 10 heteroatoms. The summed E-state index contributed by atoms with van der Waals surface area (Å²) in [6, 6.07) is 7.45. The van der Waals surface area contributed by atoms with Gasteiger partial charge in [-0.2, -0.15) is 0 Å². The van der Waals surface area contributed by atoms with Crippen LogP contribution in [0.4, 0.5) is 11.5 Å². The van der Waals surface area contributed by atoms with E-state index in [0.717, 1.165) is 4.47 Å². The highest BCUT2D eigenvalue weighted by Gasteiger charge is 2.43. The van der Waals surface area contributed by atoms with Crippen LogP contribution in [0.25, 0.3) is 0 Å². The number of hydrogen-bond acceptors (Lipinski definition) is 6. The fraction of sp³-hybridized carbons (Fsp3) is 0.273. The molecule has 0 saturated heterocycles. The summed E-state index contributed by atoms with van der Waals surface area (Å²) in [6.07, 6.45) is 3.16. The third-order valence-corrected chi connectivity index (χ3v) is 6.43. The Labute approximate surface area is 197 Å². The van der Waals surface area contributed by atoms with Crippen LogP contribution in [0, 0.1) is 16.0 Å². The first-order chi connectivity index (χ1) is 15.3. The van der Waals surface area contributed by atoms with E-state index in [0.29, 0.717) is 47.6 Å². The van der Waals surface area contributed by atoms with E-state index >= 15 is 0 Å². The van der Waals surface area contributed by atoms with Crippen LogP contribution in [0.1, 0.15) is 37.7 Å². The van der Waals surface area contributed by atoms with Gasteiger partial charge in [0.2, 0.25) is 5.91 Å². The van der Waals surface area contributed by atoms with E-state index in [-0.39, 0.29) is 16.5 Å². The third kappa shape index (κ3) is 4.22. The number of non-ortho nitro benzene ring substituents is 1. The van der Waals surface area contributed by atoms with E-state index in [9.17, 15) is 19.7 Å². The van der Waals surface area contributed by atoms with Crippen LogP contribution < -0.4 is 5.32 Å². The van der Waals surface area contributed by atoms with Crippen molar-refractivity contribution in [1.29, 1.82) is 0 Å². The topological polar surface area (TPSA) is 115 Å². The minimum absolute atomic E-state index is 0.116. The predicted octanol–water partition coefficient (Wildman–Crippen LogP) is 5.23. The van der Waals surface area contributed by atoms with Gasteiger partial charge in [0, 0.05) is 57.1 Å². The summed E-state index contributed by atoms with van der Waals surface area (Å²) in [4.78, 5) is 46.0. The summed E-state index contributed by atoms with van der Waals surface area (Å²) in [6.45, 7) is 1.72. The molecule has 2 aliphatic rings. The minimum Gasteiger partial charge on any atom is -0.310 e. The molecule has 1 unspecified atom stereocenters. The number of pyridine rings is 1. The summed E-state index contributed by atoms with van der Waals surface area (Å²) in [7, 11) is 0. The smallest absolute Gasteiger partial charge is 0.269 e. The van der Waals surface area contributed by atoms with Crippen molar-refractivity contribution < 1.29 is 14.5 Å². The Kier molecular flexibility index (Phi) is 6.21. The maximum atomic E-state index is 13.4. The van der Waals surface area contributed by atoms with Gasteiger partial charge in [0.1, 0.15) is 5.82 Å². The minimum atomic E-state index is -0.874. The van der Waals surface area contributed by atoms with Gasteiger partial charge >= 0.3 is 0 Å². The SMILES string of the molecule is CC1=NC2=C(C(=O)CCC2)[C@H](c2cc([N+](=O)[O-])ccc2Cl)C1C(=O)Nc1ccc(Br)cn1. The van der Waals surface area contributed by atoms with Gasteiger partial charge in [-0.15, -0.1) is 0 Å². The number of aliphatic imine (C=N–C) groups is 1. The largest absolute Gasteiger partial charge is 0.310 e. The number of aromatic nitrogens is 1. The Morgan fingerprint density at radius 1 is 1.28 bits per heavy atom. The van der Waals surface area contributed by atoms with Crippen molar-refractivity contribution in [3.63, 3.8) is 0 Å². The highest BCUT2D eigenvalue weighted by Crippen LogP contribution is 2.46. The van der Waals surface area contributed by atoms with Crippen molar-refractivity contribution >= 4 is 56.4 Å². The molecule has 1 aliphatic carbocycles. The van der Waals surface area contributed by atoms with Crippen molar-refractivity contribution in [2.75, 3.05) is 5.32 Å². The van der Waals surface area contributed by atoms with Crippen molar-refractivity contribution in [1.82, 2.24) is 4.98 Å². The standard InChI is InChI=1S/C22H18BrClN4O4/c1-11-19(22(30)27-18-8-5-12(23)10-25-18)20(21-16(26-11)3-2-4-17(21)29)14-9-13(28(31)32)6-7-15(14)24/h5-10,19-20H,2-4H2,1H3,(H,25,27,30)/t19?,20-/m1/s1. The van der Waals surface area contributed by atoms with Crippen LogP contribution in [-0.4, -0.2) is 27.3 Å². The molecule has 1 amide bonds. The summed E-state index contributed by atoms with van der Waals surface area (Å²) in [5, 5.41) is 14.4. The molecule has 164 valence electrons. The number of nitro benzene ring substituents is 1. The lowest BCUT2D eigenvalue weighted by atomic mass is 9.71. The van der Waals surface area contributed by atoms with Crippen molar-refractivity contribution in [2.24, 2.45) is 10.9 Å². The molecule has 4 rings (SSSR count). The lowest BCUT2D eigenvalue weighted by molar-refractivity contribution is -0.384. The zero-order chi connectivity index (χ0) is 23.0. The van der Waals surface area contributed by atoms with Crippen LogP contribution >= 0.6 is 27.5 Å². The number of hydrogen-bond donors (Lipinski definition) is 1. The van der Waals surface area contributed by atoms with Crippen molar-refractivity contribution in [3.8, 4) is 0 Å². The van der Waals surface area contributed by atoms with Crippen molar-refractivity contribution in [2.45, 2.75) is 32.1 Å². The lowest BCUT2D eigenvalue weighted by Crippen LogP contribution is -2.39. The first kappa shape index (κ1) is 22.3. The monoisotopic (exact) mass is 516 g/mol. The van der Waals surface area contributed by atoms with E-state index in [1.54, 1.807) is 25.3 Å². The second kappa shape index (κ2) is 8.91. The number of benzene rings is 1. The Bertz CT molecular complexity index is 1190. The van der Waals surface area contributed by atoms with Crippen molar-refractivity contribution in [3.05, 3.63) is 73.0 Å². The molecule has 0 spiro atoms. The molecule has 8 nitrogen and oxygen atoms in total. The van der Waals surface area contributed by atoms with E-state index in [1.165, 1.54) is 18.2 Å². The number of carbonyl (C=O) groups is 2. The molecule has 1 aliphatic heterocycles. The van der Waals surface area contributed by atoms with Gasteiger partial charge in [-0.1, -0.05) is 11.6 Å². The average molecular weight is 518 g/mol. The zero-order valence-corrected chi connectivity index (χ0v) is 19.3. The first-order valence-electron chi connectivity index (χ1n) is 9.94. The molecule has 2 aromatic rings. The van der Waals surface area contributed by atoms with Gasteiger partial charge in [-0.05, 0) is 59.5 Å². The number of ketones is 1. The number of nitrogens with zero attached hydrogens (tertiary/aromatic N) is 3. The highest BCUT2D eigenvalue weighted by atomic mass is 79.9. The summed E-state index contributed by atoms with van der Waals surface area (Å²) >= 11 is 9.76. The quantitative estimate of drug-likeness (QED) is 0.441. The second-order valence-electron chi connectivity index (χ2n) is 7.66. The molecule has 1 aromatic carbocycles. The van der Waals surface area contributed by atoms with Gasteiger partial charge in [0.15, 0.2) is 5.78 Å². The Morgan fingerprint density at radius 3 is 2.75 bits per heavy atom. The second-order valence-corrected chi connectivity index (χ2v) is 8.98. The third-order valence-electron chi connectivity index (χ3n) is 5.62. The number of Topliss-reactive ketones (excluding diaryl/α,β-unsaturated/α-hetero) is 1. The summed E-state index contributed by atoms with van der Waals surface area (Å²) < 4.78 is 0.759. The van der Waals surface area contributed by atoms with Gasteiger partial charge in [-0.25, -0.2) is 4.98 Å². The maximum absolute atomic E-state index is 13.4. The zero-order valence-electron chi connectivity index (χ0n) is 17.0. The number of amides is 1. The summed E-state index contributed by atoms with van der Waals surface area (Å²) in [5.41, 5.74) is 1.75. The van der Waals surface area contributed by atoms with Crippen LogP contribution in [0.5, 0.6) is 0 Å². The number of nitrogens with one attached hydrogen (secondary N) is 1. The fourth-order valence-electron chi connectivity index (χ4n) is 4.22. The highest BCUT2D eigenvalue weighted by molar-refractivity contribution is 9.10. The first-order valence-corrected chi connectivity index (χ1v) is 11.1. The molecule has 0 radical (unpaired) electrons. The van der Waals surface area contributed by atoms with Crippen LogP contribution in [0.15, 0.2) is 57.3 Å². The van der Waals surface area contributed by atoms with Gasteiger partial charge in [0.25, 0.3) is 5.69 Å². The van der Waals surface area contributed by atoms with Gasteiger partial charge in [-0.3, -0.25) is 24.7 Å². The van der Waals surface area contributed by atoms with E-state index in [1.807, 2.05) is 0 Å². The molecule has 32 heavy (non-hydrogen) atoms. The fourth-order valence-corrected chi connectivity index (χ4v) is 4.69. The Hall–Kier alpha value is -2.91. The number of halogens is 2. The van der Waals surface area contributed by atoms with Gasteiger partial charge < -0.3 is 5.32 Å². The number of allylic oxidation sites excluding steroid dienone is 2. The van der Waals surface area contributed by atoms with Crippen LogP contribution in [-0.2, 0) is 9.59 Å². The average Bonchev–Trinajstić information content (AvgIpc) is 2.74. The number of nitro groups is 1. The molecular weight excluding hydrogens is 500 g/mol. The lowest BCUT2D eigenvalue weighted by Gasteiger charge is -2.35. The molecular formula is C22H18BrClN4O4. The molecule has 0 fully saturated rings. The van der Waals surface area contributed by atoms with E-state index in [2.05, 4.69) is 31.2 Å². The van der Waals surface area contributed by atoms with E-state index in [4.69, 9.17) is 11.6 Å². The maximum Gasteiger partial charge on any atom is 0.269 e. The molecule has 2 heterocycles. The van der Waals surface area contributed by atoms with Crippen LogP contribution in [0.3, 0.4) is 0 Å². The van der Waals surface area contributed by atoms with Crippen LogP contribution in [0.2, 0.25) is 5.02 Å². The molecule has 0 bridgehead atoms. The number of carbonyl (C=O) groups excluding carboxylic acids is 2. The molecule has 1 N–H and O–H groups in total. The van der Waals surface area contributed by atoms with E-state index < -0.39 is 22.7 Å².